The van der Waals surface area contributed by atoms with Gasteiger partial charge in [-0.1, -0.05) is 47.1 Å². The summed E-state index contributed by atoms with van der Waals surface area (Å²) >= 11 is 5.94. The Kier molecular flexibility index (Phi) is 5.45. The van der Waals surface area contributed by atoms with E-state index in [-0.39, 0.29) is 16.5 Å². The Hall–Kier alpha value is -3.69. The first kappa shape index (κ1) is 20.6. The van der Waals surface area contributed by atoms with Crippen LogP contribution in [0.15, 0.2) is 88.5 Å². The number of hydrogen-bond donors (Lipinski definition) is 1. The number of para-hydroxylation sites is 1. The zero-order chi connectivity index (χ0) is 22.0. The highest BCUT2D eigenvalue weighted by Gasteiger charge is 2.22. The van der Waals surface area contributed by atoms with Crippen LogP contribution in [0.4, 0.5) is 11.4 Å². The van der Waals surface area contributed by atoms with Gasteiger partial charge in [0.1, 0.15) is 5.69 Å². The third-order valence-electron chi connectivity index (χ3n) is 4.45. The van der Waals surface area contributed by atoms with E-state index in [1.807, 2.05) is 0 Å². The molecule has 1 aromatic heterocycles. The zero-order valence-corrected chi connectivity index (χ0v) is 17.3. The van der Waals surface area contributed by atoms with Crippen LogP contribution >= 0.6 is 11.6 Å². The van der Waals surface area contributed by atoms with Crippen molar-refractivity contribution in [3.8, 4) is 22.4 Å². The van der Waals surface area contributed by atoms with E-state index in [1.165, 1.54) is 30.3 Å². The molecule has 0 atom stereocenters. The molecule has 0 amide bonds. The molecule has 10 heteroatoms. The number of nitro benzene ring substituents is 1. The first-order chi connectivity index (χ1) is 14.8. The van der Waals surface area contributed by atoms with Crippen molar-refractivity contribution in [2.24, 2.45) is 0 Å². The van der Waals surface area contributed by atoms with Crippen molar-refractivity contribution in [1.82, 2.24) is 5.16 Å². The maximum Gasteiger partial charge on any atom is 0.298 e. The number of anilines is 1. The van der Waals surface area contributed by atoms with Gasteiger partial charge < -0.3 is 4.52 Å². The van der Waals surface area contributed by atoms with Gasteiger partial charge in [0.2, 0.25) is 0 Å². The van der Waals surface area contributed by atoms with Crippen molar-refractivity contribution in [2.75, 3.05) is 4.72 Å². The standard InChI is InChI=1S/C21H14ClN3O5S/c22-16-9-5-14(6-10-16)18-3-1-2-4-19(18)24-31(28,29)21-13-20(23-30-21)15-7-11-17(12-8-15)25(26)27/h1-13,24H. The molecule has 0 saturated heterocycles. The van der Waals surface area contributed by atoms with Crippen LogP contribution in [0.25, 0.3) is 22.4 Å². The molecule has 0 fully saturated rings. The normalized spacial score (nSPS) is 11.3. The predicted octanol–water partition coefficient (Wildman–Crippen LogP) is 5.37. The highest BCUT2D eigenvalue weighted by atomic mass is 35.5. The molecule has 0 aliphatic rings. The van der Waals surface area contributed by atoms with Gasteiger partial charge in [-0.2, -0.15) is 8.42 Å². The lowest BCUT2D eigenvalue weighted by Crippen LogP contribution is -2.12. The molecule has 0 bridgehead atoms. The molecule has 8 nitrogen and oxygen atoms in total. The summed E-state index contributed by atoms with van der Waals surface area (Å²) in [5, 5.41) is 14.8. The van der Waals surface area contributed by atoms with Crippen molar-refractivity contribution >= 4 is 33.0 Å². The van der Waals surface area contributed by atoms with Crippen LogP contribution in [0.1, 0.15) is 0 Å². The largest absolute Gasteiger partial charge is 0.342 e. The molecule has 0 unspecified atom stereocenters. The van der Waals surface area contributed by atoms with Crippen LogP contribution in [0.3, 0.4) is 0 Å². The van der Waals surface area contributed by atoms with E-state index < -0.39 is 14.9 Å². The quantitative estimate of drug-likeness (QED) is 0.308. The molecule has 0 saturated carbocycles. The fraction of sp³-hybridized carbons (Fsp3) is 0. The smallest absolute Gasteiger partial charge is 0.298 e. The number of nitrogens with zero attached hydrogens (tertiary/aromatic N) is 2. The maximum absolute atomic E-state index is 12.9. The first-order valence-corrected chi connectivity index (χ1v) is 10.8. The molecular formula is C21H14ClN3O5S. The van der Waals surface area contributed by atoms with Crippen LogP contribution in [0.2, 0.25) is 5.02 Å². The zero-order valence-electron chi connectivity index (χ0n) is 15.7. The fourth-order valence-electron chi connectivity index (χ4n) is 2.92. The van der Waals surface area contributed by atoms with E-state index in [9.17, 15) is 18.5 Å². The van der Waals surface area contributed by atoms with Crippen molar-refractivity contribution < 1.29 is 17.9 Å². The minimum atomic E-state index is -4.07. The highest BCUT2D eigenvalue weighted by molar-refractivity contribution is 7.92. The maximum atomic E-state index is 12.9. The van der Waals surface area contributed by atoms with Crippen LogP contribution < -0.4 is 4.72 Å². The van der Waals surface area contributed by atoms with E-state index in [0.717, 1.165) is 5.56 Å². The Bertz CT molecular complexity index is 1350. The van der Waals surface area contributed by atoms with Crippen LogP contribution in [0.5, 0.6) is 0 Å². The second-order valence-corrected chi connectivity index (χ2v) is 8.54. The minimum Gasteiger partial charge on any atom is -0.342 e. The first-order valence-electron chi connectivity index (χ1n) is 8.93. The van der Waals surface area contributed by atoms with Gasteiger partial charge in [-0.15, -0.1) is 0 Å². The average Bonchev–Trinajstić information content (AvgIpc) is 3.26. The molecule has 0 aliphatic carbocycles. The summed E-state index contributed by atoms with van der Waals surface area (Å²) in [5.41, 5.74) is 2.45. The Labute approximate surface area is 182 Å². The van der Waals surface area contributed by atoms with Crippen molar-refractivity contribution in [3.05, 3.63) is 94.0 Å². The number of non-ortho nitro benzene ring substituents is 1. The Morgan fingerprint density at radius 1 is 0.935 bits per heavy atom. The highest BCUT2D eigenvalue weighted by Crippen LogP contribution is 2.31. The van der Waals surface area contributed by atoms with Gasteiger partial charge in [0.05, 0.1) is 10.6 Å². The Balaban J connectivity index is 1.62. The second kappa shape index (κ2) is 8.21. The number of hydrogen-bond acceptors (Lipinski definition) is 6. The molecule has 0 aliphatic heterocycles. The summed E-state index contributed by atoms with van der Waals surface area (Å²) in [4.78, 5) is 10.3. The number of benzene rings is 3. The molecular weight excluding hydrogens is 442 g/mol. The number of sulfonamides is 1. The Morgan fingerprint density at radius 3 is 2.26 bits per heavy atom. The third kappa shape index (κ3) is 4.42. The molecule has 0 spiro atoms. The van der Waals surface area contributed by atoms with E-state index in [1.54, 1.807) is 48.5 Å². The lowest BCUT2D eigenvalue weighted by molar-refractivity contribution is -0.384. The number of rotatable bonds is 6. The SMILES string of the molecule is O=[N+]([O-])c1ccc(-c2cc(S(=O)(=O)Nc3ccccc3-c3ccc(Cl)cc3)on2)cc1. The van der Waals surface area contributed by atoms with Gasteiger partial charge in [0.15, 0.2) is 0 Å². The molecule has 156 valence electrons. The third-order valence-corrected chi connectivity index (χ3v) is 5.92. The lowest BCUT2D eigenvalue weighted by Gasteiger charge is -2.11. The molecule has 1 heterocycles. The number of nitrogens with one attached hydrogen (secondary N) is 1. The van der Waals surface area contributed by atoms with Gasteiger partial charge in [0.25, 0.3) is 20.8 Å². The fourth-order valence-corrected chi connectivity index (χ4v) is 4.02. The van der Waals surface area contributed by atoms with E-state index >= 15 is 0 Å². The molecule has 31 heavy (non-hydrogen) atoms. The molecule has 4 aromatic rings. The van der Waals surface area contributed by atoms with Crippen molar-refractivity contribution in [1.29, 1.82) is 0 Å². The lowest BCUT2D eigenvalue weighted by atomic mass is 10.0. The second-order valence-electron chi connectivity index (χ2n) is 6.49. The summed E-state index contributed by atoms with van der Waals surface area (Å²) < 4.78 is 33.3. The van der Waals surface area contributed by atoms with Gasteiger partial charge >= 0.3 is 0 Å². The summed E-state index contributed by atoms with van der Waals surface area (Å²) in [7, 11) is -4.07. The summed E-state index contributed by atoms with van der Waals surface area (Å²) in [5.74, 6) is 0. The summed E-state index contributed by atoms with van der Waals surface area (Å²) in [6.07, 6.45) is 0. The van der Waals surface area contributed by atoms with E-state index in [4.69, 9.17) is 16.1 Å². The molecule has 3 aromatic carbocycles. The monoisotopic (exact) mass is 455 g/mol. The number of halogens is 1. The number of nitro groups is 1. The Morgan fingerprint density at radius 2 is 1.58 bits per heavy atom. The van der Waals surface area contributed by atoms with Crippen LogP contribution in [-0.2, 0) is 10.0 Å². The van der Waals surface area contributed by atoms with Crippen LogP contribution in [-0.4, -0.2) is 18.5 Å². The minimum absolute atomic E-state index is 0.0828. The van der Waals surface area contributed by atoms with Crippen molar-refractivity contribution in [3.63, 3.8) is 0 Å². The summed E-state index contributed by atoms with van der Waals surface area (Å²) in [6.45, 7) is 0. The predicted molar refractivity (Wildman–Crippen MR) is 116 cm³/mol. The van der Waals surface area contributed by atoms with E-state index in [2.05, 4.69) is 9.88 Å². The average molecular weight is 456 g/mol. The summed E-state index contributed by atoms with van der Waals surface area (Å²) in [6, 6.07) is 20.7. The van der Waals surface area contributed by atoms with Gasteiger partial charge in [-0.05, 0) is 35.9 Å². The van der Waals surface area contributed by atoms with Gasteiger partial charge in [0, 0.05) is 34.3 Å². The van der Waals surface area contributed by atoms with Gasteiger partial charge in [-0.3, -0.25) is 14.8 Å². The van der Waals surface area contributed by atoms with Crippen LogP contribution in [0, 0.1) is 10.1 Å². The number of aromatic nitrogens is 1. The molecule has 0 radical (unpaired) electrons. The molecule has 4 rings (SSSR count). The molecule has 1 N–H and O–H groups in total. The topological polar surface area (TPSA) is 115 Å². The van der Waals surface area contributed by atoms with E-state index in [0.29, 0.717) is 21.8 Å². The van der Waals surface area contributed by atoms with Crippen molar-refractivity contribution in [2.45, 2.75) is 5.09 Å². The van der Waals surface area contributed by atoms with Gasteiger partial charge in [-0.25, -0.2) is 0 Å².